The van der Waals surface area contributed by atoms with Gasteiger partial charge in [-0.1, -0.05) is 152 Å². The molecule has 0 fully saturated rings. The van der Waals surface area contributed by atoms with Gasteiger partial charge < -0.3 is 9.88 Å². The molecule has 3 heteroatoms. The summed E-state index contributed by atoms with van der Waals surface area (Å²) >= 11 is 0. The highest BCUT2D eigenvalue weighted by molar-refractivity contribution is 6.36. The van der Waals surface area contributed by atoms with Gasteiger partial charge in [-0.25, -0.2) is 0 Å². The highest BCUT2D eigenvalue weighted by Gasteiger charge is 2.29. The Morgan fingerprint density at radius 3 is 1.91 bits per heavy atom. The van der Waals surface area contributed by atoms with Gasteiger partial charge in [0.25, 0.3) is 0 Å². The molecule has 8 aromatic carbocycles. The van der Waals surface area contributed by atoms with Crippen molar-refractivity contribution in [2.75, 3.05) is 0 Å². The largest absolute Gasteiger partial charge is 0.366 e. The SMILES string of the molecule is C1=C(c2ccccc2)NC(c2cccc3ccccc23)NC1n1c2ccccc2c2c3c4ccccc4ccc3c3ccccc3c21. The van der Waals surface area contributed by atoms with Gasteiger partial charge in [0, 0.05) is 27.2 Å². The van der Waals surface area contributed by atoms with Crippen molar-refractivity contribution in [1.82, 2.24) is 15.2 Å². The molecule has 0 aliphatic carbocycles. The molecule has 0 radical (unpaired) electrons. The van der Waals surface area contributed by atoms with Crippen LogP contribution < -0.4 is 10.6 Å². The first kappa shape index (κ1) is 26.3. The summed E-state index contributed by atoms with van der Waals surface area (Å²) in [6, 6.07) is 57.3. The average Bonchev–Trinajstić information content (AvgIpc) is 3.50. The first-order valence-corrected chi connectivity index (χ1v) is 16.4. The van der Waals surface area contributed by atoms with Crippen LogP contribution >= 0.6 is 0 Å². The fourth-order valence-corrected chi connectivity index (χ4v) is 8.00. The summed E-state index contributed by atoms with van der Waals surface area (Å²) < 4.78 is 2.55. The number of rotatable bonds is 3. The van der Waals surface area contributed by atoms with E-state index in [1.165, 1.54) is 76.0 Å². The van der Waals surface area contributed by atoms with E-state index in [9.17, 15) is 0 Å². The van der Waals surface area contributed by atoms with E-state index in [-0.39, 0.29) is 12.3 Å². The quantitative estimate of drug-likeness (QED) is 0.197. The first-order valence-electron chi connectivity index (χ1n) is 16.4. The predicted molar refractivity (Wildman–Crippen MR) is 198 cm³/mol. The Hall–Kier alpha value is -5.90. The van der Waals surface area contributed by atoms with Gasteiger partial charge in [-0.05, 0) is 55.6 Å². The molecule has 2 unspecified atom stereocenters. The van der Waals surface area contributed by atoms with Gasteiger partial charge in [0.05, 0.1) is 11.0 Å². The van der Waals surface area contributed by atoms with Crippen LogP contribution in [-0.4, -0.2) is 4.57 Å². The molecule has 3 nitrogen and oxygen atoms in total. The van der Waals surface area contributed by atoms with Gasteiger partial charge in [-0.15, -0.1) is 0 Å². The van der Waals surface area contributed by atoms with Crippen LogP contribution in [0.15, 0.2) is 164 Å². The normalized spacial score (nSPS) is 16.7. The van der Waals surface area contributed by atoms with Crippen LogP contribution in [0.5, 0.6) is 0 Å². The van der Waals surface area contributed by atoms with Crippen molar-refractivity contribution >= 4 is 70.6 Å². The molecule has 0 saturated heterocycles. The standard InChI is InChI=1S/C44H31N3/c1-2-15-30(16-3-1)38-27-40(46-44(45-38)36-23-12-17-28-13-4-6-18-31(28)36)47-39-24-11-10-22-37(39)42-41-32-19-7-5-14-29(32)25-26-34(41)33-20-8-9-21-35(33)43(42)47/h1-27,40,44-46H. The van der Waals surface area contributed by atoms with Crippen molar-refractivity contribution < 1.29 is 0 Å². The van der Waals surface area contributed by atoms with Gasteiger partial charge in [-0.2, -0.15) is 0 Å². The van der Waals surface area contributed by atoms with Crippen LogP contribution in [0.3, 0.4) is 0 Å². The Bertz CT molecular complexity index is 2700. The summed E-state index contributed by atoms with van der Waals surface area (Å²) in [5, 5.41) is 20.7. The lowest BCUT2D eigenvalue weighted by molar-refractivity contribution is 0.385. The number of hydrogen-bond donors (Lipinski definition) is 2. The molecule has 0 bridgehead atoms. The van der Waals surface area contributed by atoms with E-state index in [2.05, 4.69) is 179 Å². The van der Waals surface area contributed by atoms with E-state index in [1.54, 1.807) is 0 Å². The van der Waals surface area contributed by atoms with Crippen molar-refractivity contribution in [2.45, 2.75) is 12.3 Å². The zero-order valence-corrected chi connectivity index (χ0v) is 25.7. The highest BCUT2D eigenvalue weighted by atomic mass is 15.3. The summed E-state index contributed by atoms with van der Waals surface area (Å²) in [6.45, 7) is 0. The third-order valence-corrected chi connectivity index (χ3v) is 10.0. The molecule has 9 aromatic rings. The number of benzene rings is 8. The second-order valence-corrected chi connectivity index (χ2v) is 12.6. The lowest BCUT2D eigenvalue weighted by Crippen LogP contribution is -2.41. The van der Waals surface area contributed by atoms with Crippen LogP contribution in [0.2, 0.25) is 0 Å². The minimum absolute atomic E-state index is 0.116. The third-order valence-electron chi connectivity index (χ3n) is 10.0. The predicted octanol–water partition coefficient (Wildman–Crippen LogP) is 10.8. The van der Waals surface area contributed by atoms with Crippen LogP contribution in [0.1, 0.15) is 23.5 Å². The van der Waals surface area contributed by atoms with Gasteiger partial charge in [-0.3, -0.25) is 5.32 Å². The molecule has 1 aliphatic heterocycles. The minimum Gasteiger partial charge on any atom is -0.366 e. The summed E-state index contributed by atoms with van der Waals surface area (Å²) in [7, 11) is 0. The maximum atomic E-state index is 4.07. The maximum absolute atomic E-state index is 4.07. The number of nitrogens with one attached hydrogen (secondary N) is 2. The number of para-hydroxylation sites is 1. The van der Waals surface area contributed by atoms with Crippen molar-refractivity contribution in [1.29, 1.82) is 0 Å². The molecule has 2 heterocycles. The summed E-state index contributed by atoms with van der Waals surface area (Å²) in [6.07, 6.45) is 2.12. The molecule has 2 atom stereocenters. The fraction of sp³-hybridized carbons (Fsp3) is 0.0455. The molecule has 222 valence electrons. The number of aromatic nitrogens is 1. The molecular formula is C44H31N3. The smallest absolute Gasteiger partial charge is 0.108 e. The number of nitrogens with zero attached hydrogens (tertiary/aromatic N) is 1. The van der Waals surface area contributed by atoms with Crippen LogP contribution in [0, 0.1) is 0 Å². The Kier molecular flexibility index (Phi) is 5.78. The maximum Gasteiger partial charge on any atom is 0.108 e. The third kappa shape index (κ3) is 3.97. The molecule has 47 heavy (non-hydrogen) atoms. The van der Waals surface area contributed by atoms with E-state index in [0.29, 0.717) is 0 Å². The Balaban J connectivity index is 1.32. The highest BCUT2D eigenvalue weighted by Crippen LogP contribution is 2.45. The van der Waals surface area contributed by atoms with Crippen molar-refractivity contribution in [3.63, 3.8) is 0 Å². The molecule has 0 spiro atoms. The van der Waals surface area contributed by atoms with E-state index in [1.807, 2.05) is 0 Å². The Morgan fingerprint density at radius 1 is 0.447 bits per heavy atom. The van der Waals surface area contributed by atoms with Gasteiger partial charge in [0.1, 0.15) is 12.3 Å². The van der Waals surface area contributed by atoms with E-state index >= 15 is 0 Å². The van der Waals surface area contributed by atoms with Gasteiger partial charge in [0.15, 0.2) is 0 Å². The van der Waals surface area contributed by atoms with Gasteiger partial charge >= 0.3 is 0 Å². The molecule has 10 rings (SSSR count). The van der Waals surface area contributed by atoms with Crippen LogP contribution in [0.4, 0.5) is 0 Å². The first-order chi connectivity index (χ1) is 23.3. The Labute approximate surface area is 272 Å². The van der Waals surface area contributed by atoms with E-state index < -0.39 is 0 Å². The van der Waals surface area contributed by atoms with Crippen LogP contribution in [-0.2, 0) is 0 Å². The topological polar surface area (TPSA) is 29.0 Å². The lowest BCUT2D eigenvalue weighted by Gasteiger charge is -2.35. The summed E-state index contributed by atoms with van der Waals surface area (Å²) in [4.78, 5) is 0. The van der Waals surface area contributed by atoms with E-state index in [0.717, 1.165) is 5.70 Å². The van der Waals surface area contributed by atoms with Crippen LogP contribution in [0.25, 0.3) is 70.6 Å². The molecule has 2 N–H and O–H groups in total. The van der Waals surface area contributed by atoms with Crippen molar-refractivity contribution in [2.24, 2.45) is 0 Å². The van der Waals surface area contributed by atoms with Crippen molar-refractivity contribution in [3.05, 3.63) is 175 Å². The molecule has 0 amide bonds. The summed E-state index contributed by atoms with van der Waals surface area (Å²) in [5.41, 5.74) is 6.00. The lowest BCUT2D eigenvalue weighted by atomic mass is 9.93. The zero-order chi connectivity index (χ0) is 30.9. The molecule has 0 saturated carbocycles. The monoisotopic (exact) mass is 601 g/mol. The molecule has 1 aliphatic rings. The fourth-order valence-electron chi connectivity index (χ4n) is 8.00. The zero-order valence-electron chi connectivity index (χ0n) is 25.7. The van der Waals surface area contributed by atoms with E-state index in [4.69, 9.17) is 0 Å². The second kappa shape index (κ2) is 10.3. The number of hydrogen-bond acceptors (Lipinski definition) is 2. The molecule has 1 aromatic heterocycles. The second-order valence-electron chi connectivity index (χ2n) is 12.6. The number of fused-ring (bicyclic) bond motifs is 11. The average molecular weight is 602 g/mol. The summed E-state index contributed by atoms with van der Waals surface area (Å²) in [5.74, 6) is 0. The van der Waals surface area contributed by atoms with Crippen molar-refractivity contribution in [3.8, 4) is 0 Å². The van der Waals surface area contributed by atoms with Gasteiger partial charge in [0.2, 0.25) is 0 Å². The minimum atomic E-state index is -0.131. The molecular weight excluding hydrogens is 571 g/mol. The Morgan fingerprint density at radius 2 is 1.09 bits per heavy atom.